The molecule has 106 valence electrons. The van der Waals surface area contributed by atoms with Crippen LogP contribution in [0.25, 0.3) is 0 Å². The minimum Gasteiger partial charge on any atom is -0.366 e. The summed E-state index contributed by atoms with van der Waals surface area (Å²) < 4.78 is 25.8. The number of H-pyrrole nitrogens is 1. The fourth-order valence-electron chi connectivity index (χ4n) is 1.38. The van der Waals surface area contributed by atoms with Gasteiger partial charge in [0.15, 0.2) is 0 Å². The van der Waals surface area contributed by atoms with E-state index >= 15 is 0 Å². The molecule has 0 atom stereocenters. The molecule has 1 amide bonds. The topological polar surface area (TPSA) is 108 Å². The average molecular weight is 287 g/mol. The minimum absolute atomic E-state index is 0.000995. The van der Waals surface area contributed by atoms with Crippen molar-refractivity contribution < 1.29 is 13.2 Å². The minimum atomic E-state index is -3.89. The Morgan fingerprint density at radius 1 is 1.42 bits per heavy atom. The summed E-state index contributed by atoms with van der Waals surface area (Å²) in [6.07, 6.45) is 2.47. The zero-order valence-corrected chi connectivity index (χ0v) is 11.6. The molecule has 0 radical (unpaired) electrons. The van der Waals surface area contributed by atoms with E-state index in [9.17, 15) is 18.0 Å². The normalized spacial score (nSPS) is 11.5. The molecule has 0 bridgehead atoms. The smallest absolute Gasteiger partial charge is 0.245 e. The molecule has 0 aliphatic heterocycles. The summed E-state index contributed by atoms with van der Waals surface area (Å²) in [6.45, 7) is 3.56. The monoisotopic (exact) mass is 287 g/mol. The van der Waals surface area contributed by atoms with Crippen molar-refractivity contribution in [2.75, 3.05) is 6.54 Å². The van der Waals surface area contributed by atoms with Gasteiger partial charge in [-0.1, -0.05) is 0 Å². The van der Waals surface area contributed by atoms with Gasteiger partial charge in [0, 0.05) is 37.5 Å². The van der Waals surface area contributed by atoms with Crippen molar-refractivity contribution in [1.82, 2.24) is 15.0 Å². The van der Waals surface area contributed by atoms with Crippen molar-refractivity contribution in [3.63, 3.8) is 0 Å². The first-order valence-electron chi connectivity index (χ1n) is 5.79. The van der Waals surface area contributed by atoms with Gasteiger partial charge in [-0.25, -0.2) is 13.1 Å². The first-order valence-corrected chi connectivity index (χ1v) is 7.27. The van der Waals surface area contributed by atoms with Gasteiger partial charge in [-0.05, 0) is 13.8 Å². The molecule has 0 saturated carbocycles. The highest BCUT2D eigenvalue weighted by Gasteiger charge is 2.17. The molecule has 1 rings (SSSR count). The summed E-state index contributed by atoms with van der Waals surface area (Å²) in [7, 11) is -3.89. The van der Waals surface area contributed by atoms with E-state index in [1.807, 2.05) is 13.8 Å². The van der Waals surface area contributed by atoms with Gasteiger partial charge in [0.2, 0.25) is 21.4 Å². The number of nitrogens with one attached hydrogen (secondary N) is 3. The lowest BCUT2D eigenvalue weighted by molar-refractivity contribution is -0.121. The largest absolute Gasteiger partial charge is 0.366 e. The average Bonchev–Trinajstić information content (AvgIpc) is 2.27. The Morgan fingerprint density at radius 2 is 2.11 bits per heavy atom. The van der Waals surface area contributed by atoms with Crippen molar-refractivity contribution in [2.24, 2.45) is 0 Å². The van der Waals surface area contributed by atoms with Crippen LogP contribution in [0.15, 0.2) is 28.2 Å². The van der Waals surface area contributed by atoms with Crippen molar-refractivity contribution in [3.05, 3.63) is 28.7 Å². The summed E-state index contributed by atoms with van der Waals surface area (Å²) in [5.41, 5.74) is -0.599. The lowest BCUT2D eigenvalue weighted by Gasteiger charge is -2.09. The Hall–Kier alpha value is -1.67. The van der Waals surface area contributed by atoms with Crippen molar-refractivity contribution in [3.8, 4) is 0 Å². The molecule has 1 aromatic heterocycles. The molecule has 0 fully saturated rings. The molecule has 0 aliphatic carbocycles. The Balaban J connectivity index is 2.60. The predicted molar refractivity (Wildman–Crippen MR) is 70.1 cm³/mol. The molecular formula is C11H17N3O4S. The number of aromatic amines is 1. The van der Waals surface area contributed by atoms with E-state index in [0.717, 1.165) is 12.3 Å². The maximum atomic E-state index is 11.8. The summed E-state index contributed by atoms with van der Waals surface area (Å²) in [6, 6.07) is 1.13. The lowest BCUT2D eigenvalue weighted by Crippen LogP contribution is -2.35. The second-order valence-corrected chi connectivity index (χ2v) is 5.98. The lowest BCUT2D eigenvalue weighted by atomic mass is 10.3. The van der Waals surface area contributed by atoms with Gasteiger partial charge in [0.25, 0.3) is 0 Å². The third kappa shape index (κ3) is 4.84. The molecule has 0 spiro atoms. The molecule has 8 heteroatoms. The first kappa shape index (κ1) is 15.4. The third-order valence-electron chi connectivity index (χ3n) is 2.17. The Bertz CT molecular complexity index is 592. The van der Waals surface area contributed by atoms with Gasteiger partial charge in [-0.3, -0.25) is 9.59 Å². The van der Waals surface area contributed by atoms with Crippen LogP contribution < -0.4 is 15.5 Å². The third-order valence-corrected chi connectivity index (χ3v) is 3.65. The molecule has 1 heterocycles. The number of carbonyl (C=O) groups is 1. The number of sulfonamides is 1. The number of amides is 1. The van der Waals surface area contributed by atoms with Crippen LogP contribution in [0, 0.1) is 0 Å². The van der Waals surface area contributed by atoms with Crippen LogP contribution >= 0.6 is 0 Å². The van der Waals surface area contributed by atoms with Crippen LogP contribution in [0.5, 0.6) is 0 Å². The zero-order chi connectivity index (χ0) is 14.5. The highest BCUT2D eigenvalue weighted by molar-refractivity contribution is 7.89. The fourth-order valence-corrected chi connectivity index (χ4v) is 2.46. The maximum Gasteiger partial charge on any atom is 0.245 e. The van der Waals surface area contributed by atoms with E-state index in [4.69, 9.17) is 0 Å². The van der Waals surface area contributed by atoms with E-state index in [0.29, 0.717) is 0 Å². The number of carbonyl (C=O) groups excluding carboxylic acids is 1. The van der Waals surface area contributed by atoms with Gasteiger partial charge in [-0.15, -0.1) is 0 Å². The van der Waals surface area contributed by atoms with E-state index in [1.165, 1.54) is 6.20 Å². The molecular weight excluding hydrogens is 270 g/mol. The SMILES string of the molecule is CC(C)NC(=O)CCNS(=O)(=O)c1c[nH]ccc1=O. The van der Waals surface area contributed by atoms with Gasteiger partial charge in [0.05, 0.1) is 0 Å². The van der Waals surface area contributed by atoms with Gasteiger partial charge >= 0.3 is 0 Å². The standard InChI is InChI=1S/C11H17N3O4S/c1-8(2)14-11(16)4-6-13-19(17,18)10-7-12-5-3-9(10)15/h3,5,7-8,13H,4,6H2,1-2H3,(H,12,15)(H,14,16). The van der Waals surface area contributed by atoms with Crippen LogP contribution in [0.1, 0.15) is 20.3 Å². The molecule has 3 N–H and O–H groups in total. The molecule has 0 saturated heterocycles. The van der Waals surface area contributed by atoms with Gasteiger partial charge < -0.3 is 10.3 Å². The van der Waals surface area contributed by atoms with E-state index in [1.54, 1.807) is 0 Å². The van der Waals surface area contributed by atoms with Crippen LogP contribution in [0.4, 0.5) is 0 Å². The molecule has 0 unspecified atom stereocenters. The van der Waals surface area contributed by atoms with Crippen LogP contribution in [-0.4, -0.2) is 31.9 Å². The van der Waals surface area contributed by atoms with Crippen molar-refractivity contribution in [2.45, 2.75) is 31.2 Å². The molecule has 1 aromatic rings. The number of aromatic nitrogens is 1. The van der Waals surface area contributed by atoms with Crippen LogP contribution in [0.2, 0.25) is 0 Å². The van der Waals surface area contributed by atoms with E-state index in [2.05, 4.69) is 15.0 Å². The number of rotatable bonds is 6. The van der Waals surface area contributed by atoms with Crippen LogP contribution in [-0.2, 0) is 14.8 Å². The molecule has 7 nitrogen and oxygen atoms in total. The highest BCUT2D eigenvalue weighted by atomic mass is 32.2. The first-order chi connectivity index (χ1) is 8.83. The zero-order valence-electron chi connectivity index (χ0n) is 10.8. The van der Waals surface area contributed by atoms with Gasteiger partial charge in [0.1, 0.15) is 4.90 Å². The second-order valence-electron chi connectivity index (χ2n) is 4.24. The summed E-state index contributed by atoms with van der Waals surface area (Å²) >= 11 is 0. The Labute approximate surface area is 111 Å². The maximum absolute atomic E-state index is 11.8. The van der Waals surface area contributed by atoms with Crippen molar-refractivity contribution >= 4 is 15.9 Å². The Morgan fingerprint density at radius 3 is 2.68 bits per heavy atom. The fraction of sp³-hybridized carbons (Fsp3) is 0.455. The van der Waals surface area contributed by atoms with Crippen LogP contribution in [0.3, 0.4) is 0 Å². The molecule has 0 aliphatic rings. The Kier molecular flexibility index (Phi) is 5.25. The number of hydrogen-bond acceptors (Lipinski definition) is 4. The van der Waals surface area contributed by atoms with Crippen molar-refractivity contribution in [1.29, 1.82) is 0 Å². The van der Waals surface area contributed by atoms with E-state index in [-0.39, 0.29) is 29.8 Å². The molecule has 19 heavy (non-hydrogen) atoms. The summed E-state index contributed by atoms with van der Waals surface area (Å²) in [5, 5.41) is 2.64. The highest BCUT2D eigenvalue weighted by Crippen LogP contribution is 1.99. The number of hydrogen-bond donors (Lipinski definition) is 3. The summed E-state index contributed by atoms with van der Waals surface area (Å²) in [4.78, 5) is 24.9. The second kappa shape index (κ2) is 6.48. The molecule has 0 aromatic carbocycles. The van der Waals surface area contributed by atoms with Gasteiger partial charge in [-0.2, -0.15) is 0 Å². The predicted octanol–water partition coefficient (Wildman–Crippen LogP) is -0.432. The number of pyridine rings is 1. The van der Waals surface area contributed by atoms with E-state index < -0.39 is 15.5 Å². The quantitative estimate of drug-likeness (QED) is 0.659. The summed E-state index contributed by atoms with van der Waals surface area (Å²) in [5.74, 6) is -0.250.